The number of ether oxygens (including phenoxy) is 1. The van der Waals surface area contributed by atoms with Crippen molar-refractivity contribution in [1.29, 1.82) is 0 Å². The zero-order valence-electron chi connectivity index (χ0n) is 18.3. The molecule has 5 rings (SSSR count). The lowest BCUT2D eigenvalue weighted by atomic mass is 9.93. The highest BCUT2D eigenvalue weighted by molar-refractivity contribution is 5.69. The number of fused-ring (bicyclic) bond motifs is 1. The smallest absolute Gasteiger partial charge is 0.197 e. The minimum atomic E-state index is -2.28. The fourth-order valence-electron chi connectivity index (χ4n) is 4.12. The van der Waals surface area contributed by atoms with Gasteiger partial charge in [0, 0.05) is 24.7 Å². The first-order chi connectivity index (χ1) is 16.3. The molecule has 0 N–H and O–H groups in total. The summed E-state index contributed by atoms with van der Waals surface area (Å²) in [7, 11) is 1.57. The Bertz CT molecular complexity index is 1400. The molecule has 1 aliphatic rings. The van der Waals surface area contributed by atoms with Crippen molar-refractivity contribution < 1.29 is 22.3 Å². The lowest BCUT2D eigenvalue weighted by Gasteiger charge is -2.18. The Hall–Kier alpha value is -3.95. The third-order valence-electron chi connectivity index (χ3n) is 5.87. The Morgan fingerprint density at radius 2 is 1.82 bits per heavy atom. The lowest BCUT2D eigenvalue weighted by molar-refractivity contribution is 0.213. The molecule has 0 fully saturated rings. The van der Waals surface area contributed by atoms with E-state index in [2.05, 4.69) is 15.2 Å². The molecule has 0 spiro atoms. The molecule has 0 bridgehead atoms. The van der Waals surface area contributed by atoms with E-state index in [0.717, 1.165) is 16.9 Å². The SMILES string of the molecule is COc1cc(C=Cc2nnc3n2CC[C@]3(F)c2cc(F)c(F)c(F)c2)ccc1-n1cnc(C)c1. The van der Waals surface area contributed by atoms with Crippen molar-refractivity contribution in [1.82, 2.24) is 24.3 Å². The number of nitrogens with zero attached hydrogens (tertiary/aromatic N) is 5. The Labute approximate surface area is 192 Å². The van der Waals surface area contributed by atoms with Crippen LogP contribution in [0.1, 0.15) is 34.9 Å². The van der Waals surface area contributed by atoms with Crippen LogP contribution >= 0.6 is 0 Å². The standard InChI is InChI=1S/C24H19F4N5O/c1-14-12-32(13-29-14)19-5-3-15(9-20(19)34-2)4-6-21-30-31-23-24(28,7-8-33(21)23)16-10-17(25)22(27)18(26)11-16/h3-6,9-13H,7-8H2,1-2H3/t24-/m0/s1. The molecule has 2 aromatic heterocycles. The molecule has 0 radical (unpaired) electrons. The van der Waals surface area contributed by atoms with Crippen LogP contribution in [-0.4, -0.2) is 31.4 Å². The number of rotatable bonds is 5. The highest BCUT2D eigenvalue weighted by atomic mass is 19.2. The van der Waals surface area contributed by atoms with Gasteiger partial charge >= 0.3 is 0 Å². The molecule has 0 aliphatic carbocycles. The normalized spacial score (nSPS) is 17.5. The van der Waals surface area contributed by atoms with Crippen molar-refractivity contribution >= 4 is 12.2 Å². The fraction of sp³-hybridized carbons (Fsp3) is 0.208. The van der Waals surface area contributed by atoms with Crippen LogP contribution in [0.5, 0.6) is 5.75 Å². The topological polar surface area (TPSA) is 57.8 Å². The maximum atomic E-state index is 15.8. The van der Waals surface area contributed by atoms with Gasteiger partial charge in [-0.15, -0.1) is 10.2 Å². The molecular formula is C24H19F4N5O. The number of methoxy groups -OCH3 is 1. The van der Waals surface area contributed by atoms with E-state index in [4.69, 9.17) is 4.74 Å². The van der Waals surface area contributed by atoms with Gasteiger partial charge in [0.2, 0.25) is 0 Å². The average Bonchev–Trinajstić information content (AvgIpc) is 3.53. The Kier molecular flexibility index (Phi) is 5.22. The van der Waals surface area contributed by atoms with Crippen molar-refractivity contribution in [3.8, 4) is 11.4 Å². The number of hydrogen-bond acceptors (Lipinski definition) is 4. The molecular weight excluding hydrogens is 450 g/mol. The highest BCUT2D eigenvalue weighted by Crippen LogP contribution is 2.42. The third-order valence-corrected chi connectivity index (χ3v) is 5.87. The first kappa shape index (κ1) is 21.9. The monoisotopic (exact) mass is 469 g/mol. The van der Waals surface area contributed by atoms with Gasteiger partial charge in [-0.1, -0.05) is 12.1 Å². The molecule has 34 heavy (non-hydrogen) atoms. The van der Waals surface area contributed by atoms with Crippen LogP contribution in [0.3, 0.4) is 0 Å². The first-order valence-corrected chi connectivity index (χ1v) is 10.4. The van der Waals surface area contributed by atoms with Crippen LogP contribution in [0.2, 0.25) is 0 Å². The van der Waals surface area contributed by atoms with Gasteiger partial charge in [-0.2, -0.15) is 0 Å². The molecule has 1 atom stereocenters. The molecule has 174 valence electrons. The van der Waals surface area contributed by atoms with Crippen molar-refractivity contribution in [2.45, 2.75) is 25.6 Å². The number of halogens is 4. The maximum Gasteiger partial charge on any atom is 0.197 e. The summed E-state index contributed by atoms with van der Waals surface area (Å²) in [6.07, 6.45) is 6.93. The highest BCUT2D eigenvalue weighted by Gasteiger charge is 2.45. The molecule has 0 unspecified atom stereocenters. The maximum absolute atomic E-state index is 15.8. The van der Waals surface area contributed by atoms with E-state index >= 15 is 4.39 Å². The van der Waals surface area contributed by atoms with E-state index in [9.17, 15) is 13.2 Å². The van der Waals surface area contributed by atoms with Crippen molar-refractivity contribution in [3.63, 3.8) is 0 Å². The molecule has 10 heteroatoms. The molecule has 0 saturated carbocycles. The van der Waals surface area contributed by atoms with Crippen LogP contribution in [-0.2, 0) is 12.2 Å². The Morgan fingerprint density at radius 3 is 2.50 bits per heavy atom. The van der Waals surface area contributed by atoms with Crippen LogP contribution < -0.4 is 4.74 Å². The summed E-state index contributed by atoms with van der Waals surface area (Å²) in [4.78, 5) is 4.23. The number of aryl methyl sites for hydroxylation is 1. The molecule has 0 amide bonds. The zero-order chi connectivity index (χ0) is 24.0. The van der Waals surface area contributed by atoms with E-state index in [1.54, 1.807) is 25.6 Å². The number of aromatic nitrogens is 5. The van der Waals surface area contributed by atoms with Gasteiger partial charge in [0.15, 0.2) is 34.8 Å². The van der Waals surface area contributed by atoms with E-state index in [1.807, 2.05) is 35.9 Å². The molecule has 2 aromatic carbocycles. The van der Waals surface area contributed by atoms with Gasteiger partial charge in [0.1, 0.15) is 5.75 Å². The van der Waals surface area contributed by atoms with Crippen LogP contribution in [0.15, 0.2) is 42.9 Å². The van der Waals surface area contributed by atoms with E-state index in [0.29, 0.717) is 23.7 Å². The minimum absolute atomic E-state index is 0.0824. The number of benzene rings is 2. The molecule has 4 aromatic rings. The Morgan fingerprint density at radius 1 is 1.06 bits per heavy atom. The first-order valence-electron chi connectivity index (χ1n) is 10.4. The average molecular weight is 469 g/mol. The second-order valence-electron chi connectivity index (χ2n) is 8.03. The third kappa shape index (κ3) is 3.55. The summed E-state index contributed by atoms with van der Waals surface area (Å²) in [6.45, 7) is 2.09. The van der Waals surface area contributed by atoms with Gasteiger partial charge < -0.3 is 13.9 Å². The summed E-state index contributed by atoms with van der Waals surface area (Å²) in [6, 6.07) is 6.93. The van der Waals surface area contributed by atoms with Gasteiger partial charge in [-0.25, -0.2) is 22.5 Å². The van der Waals surface area contributed by atoms with E-state index in [-0.39, 0.29) is 24.4 Å². The van der Waals surface area contributed by atoms with Gasteiger partial charge in [-0.05, 0) is 42.8 Å². The molecule has 3 heterocycles. The zero-order valence-corrected chi connectivity index (χ0v) is 18.3. The van der Waals surface area contributed by atoms with Gasteiger partial charge in [0.25, 0.3) is 0 Å². The predicted octanol–water partition coefficient (Wildman–Crippen LogP) is 4.99. The Balaban J connectivity index is 1.44. The summed E-state index contributed by atoms with van der Waals surface area (Å²) < 4.78 is 65.4. The summed E-state index contributed by atoms with van der Waals surface area (Å²) in [5.41, 5.74) is -0.101. The molecule has 0 saturated heterocycles. The lowest BCUT2D eigenvalue weighted by Crippen LogP contribution is -2.20. The van der Waals surface area contributed by atoms with E-state index < -0.39 is 23.1 Å². The van der Waals surface area contributed by atoms with Crippen LogP contribution in [0, 0.1) is 24.4 Å². The van der Waals surface area contributed by atoms with Gasteiger partial charge in [0.05, 0.1) is 24.8 Å². The van der Waals surface area contributed by atoms with Gasteiger partial charge in [-0.3, -0.25) is 0 Å². The summed E-state index contributed by atoms with van der Waals surface area (Å²) >= 11 is 0. The number of hydrogen-bond donors (Lipinski definition) is 0. The molecule has 6 nitrogen and oxygen atoms in total. The largest absolute Gasteiger partial charge is 0.495 e. The quantitative estimate of drug-likeness (QED) is 0.305. The molecule has 1 aliphatic heterocycles. The van der Waals surface area contributed by atoms with Crippen molar-refractivity contribution in [2.75, 3.05) is 7.11 Å². The summed E-state index contributed by atoms with van der Waals surface area (Å²) in [5.74, 6) is -3.61. The minimum Gasteiger partial charge on any atom is -0.495 e. The number of alkyl halides is 1. The van der Waals surface area contributed by atoms with Crippen LogP contribution in [0.25, 0.3) is 17.8 Å². The second-order valence-corrected chi connectivity index (χ2v) is 8.03. The predicted molar refractivity (Wildman–Crippen MR) is 117 cm³/mol. The fourth-order valence-corrected chi connectivity index (χ4v) is 4.12. The van der Waals surface area contributed by atoms with Crippen molar-refractivity contribution in [3.05, 3.63) is 88.8 Å². The second kappa shape index (κ2) is 8.12. The van der Waals surface area contributed by atoms with Crippen LogP contribution in [0.4, 0.5) is 17.6 Å². The van der Waals surface area contributed by atoms with E-state index in [1.165, 1.54) is 4.57 Å². The number of imidazole rings is 1. The van der Waals surface area contributed by atoms with Crippen molar-refractivity contribution in [2.24, 2.45) is 0 Å². The summed E-state index contributed by atoms with van der Waals surface area (Å²) in [5, 5.41) is 7.95.